The zero-order valence-corrected chi connectivity index (χ0v) is 14.8. The second kappa shape index (κ2) is 7.97. The van der Waals surface area contributed by atoms with Gasteiger partial charge in [-0.15, -0.1) is 0 Å². The Hall–Kier alpha value is -2.33. The third kappa shape index (κ3) is 6.05. The molecule has 0 heterocycles. The van der Waals surface area contributed by atoms with Crippen LogP contribution in [0.1, 0.15) is 31.9 Å². The van der Waals surface area contributed by atoms with Gasteiger partial charge in [0.15, 0.2) is 6.61 Å². The Morgan fingerprint density at radius 1 is 1.04 bits per heavy atom. The maximum absolute atomic E-state index is 12.0. The Balaban J connectivity index is 1.91. The number of para-hydroxylation sites is 1. The molecule has 1 amide bonds. The number of nitrogens with one attached hydrogen (secondary N) is 2. The summed E-state index contributed by atoms with van der Waals surface area (Å²) in [4.78, 5) is 12.0. The fourth-order valence-electron chi connectivity index (χ4n) is 2.13. The van der Waals surface area contributed by atoms with E-state index in [4.69, 9.17) is 4.74 Å². The fraction of sp³-hybridized carbons (Fsp3) is 0.350. The monoisotopic (exact) mass is 326 g/mol. The van der Waals surface area contributed by atoms with E-state index in [0.717, 1.165) is 22.6 Å². The third-order valence-electron chi connectivity index (χ3n) is 3.48. The number of hydrogen-bond acceptors (Lipinski definition) is 3. The first-order chi connectivity index (χ1) is 11.3. The molecule has 2 N–H and O–H groups in total. The van der Waals surface area contributed by atoms with Crippen molar-refractivity contribution in [1.82, 2.24) is 5.32 Å². The predicted octanol–water partition coefficient (Wildman–Crippen LogP) is 3.90. The van der Waals surface area contributed by atoms with Crippen LogP contribution in [-0.4, -0.2) is 18.1 Å². The van der Waals surface area contributed by atoms with Crippen molar-refractivity contribution < 1.29 is 9.53 Å². The first-order valence-electron chi connectivity index (χ1n) is 8.16. The molecule has 24 heavy (non-hydrogen) atoms. The molecule has 0 radical (unpaired) electrons. The largest absolute Gasteiger partial charge is 0.483 e. The Morgan fingerprint density at radius 2 is 1.71 bits per heavy atom. The summed E-state index contributed by atoms with van der Waals surface area (Å²) >= 11 is 0. The van der Waals surface area contributed by atoms with Gasteiger partial charge in [0, 0.05) is 23.3 Å². The van der Waals surface area contributed by atoms with Crippen LogP contribution < -0.4 is 15.4 Å². The summed E-state index contributed by atoms with van der Waals surface area (Å²) in [6.45, 7) is 9.04. The van der Waals surface area contributed by atoms with Crippen LogP contribution in [0.4, 0.5) is 5.69 Å². The third-order valence-corrected chi connectivity index (χ3v) is 3.48. The number of anilines is 1. The SMILES string of the molecule is Cc1ccc(NC(=O)COc2ccccc2CNC(C)(C)C)cc1. The van der Waals surface area contributed by atoms with E-state index < -0.39 is 0 Å². The molecule has 0 fully saturated rings. The maximum Gasteiger partial charge on any atom is 0.262 e. The van der Waals surface area contributed by atoms with E-state index >= 15 is 0 Å². The molecule has 128 valence electrons. The van der Waals surface area contributed by atoms with Crippen LogP contribution in [0.2, 0.25) is 0 Å². The molecule has 2 rings (SSSR count). The van der Waals surface area contributed by atoms with Gasteiger partial charge >= 0.3 is 0 Å². The molecule has 0 bridgehead atoms. The summed E-state index contributed by atoms with van der Waals surface area (Å²) in [5.41, 5.74) is 2.99. The minimum absolute atomic E-state index is 0.0135. The molecular weight excluding hydrogens is 300 g/mol. The van der Waals surface area contributed by atoms with Crippen molar-refractivity contribution in [3.63, 3.8) is 0 Å². The van der Waals surface area contributed by atoms with Crippen LogP contribution in [0.25, 0.3) is 0 Å². The molecule has 0 aliphatic heterocycles. The van der Waals surface area contributed by atoms with Gasteiger partial charge in [-0.05, 0) is 45.9 Å². The Morgan fingerprint density at radius 3 is 2.38 bits per heavy atom. The molecule has 4 nitrogen and oxygen atoms in total. The summed E-state index contributed by atoms with van der Waals surface area (Å²) in [5, 5.41) is 6.27. The smallest absolute Gasteiger partial charge is 0.262 e. The number of aryl methyl sites for hydroxylation is 1. The lowest BCUT2D eigenvalue weighted by Gasteiger charge is -2.21. The number of hydrogen-bond donors (Lipinski definition) is 2. The van der Waals surface area contributed by atoms with Gasteiger partial charge in [-0.25, -0.2) is 0 Å². The topological polar surface area (TPSA) is 50.4 Å². The molecule has 0 spiro atoms. The van der Waals surface area contributed by atoms with E-state index in [-0.39, 0.29) is 18.1 Å². The second-order valence-electron chi connectivity index (χ2n) is 6.91. The summed E-state index contributed by atoms with van der Waals surface area (Å²) < 4.78 is 5.71. The lowest BCUT2D eigenvalue weighted by molar-refractivity contribution is -0.118. The molecular formula is C20H26N2O2. The molecule has 0 saturated carbocycles. The highest BCUT2D eigenvalue weighted by Crippen LogP contribution is 2.19. The molecule has 0 aliphatic rings. The molecule has 0 unspecified atom stereocenters. The number of carbonyl (C=O) groups excluding carboxylic acids is 1. The highest BCUT2D eigenvalue weighted by Gasteiger charge is 2.11. The van der Waals surface area contributed by atoms with Crippen molar-refractivity contribution in [1.29, 1.82) is 0 Å². The van der Waals surface area contributed by atoms with Gasteiger partial charge in [0.05, 0.1) is 0 Å². The summed E-state index contributed by atoms with van der Waals surface area (Å²) in [7, 11) is 0. The lowest BCUT2D eigenvalue weighted by Crippen LogP contribution is -2.35. The second-order valence-corrected chi connectivity index (χ2v) is 6.91. The normalized spacial score (nSPS) is 11.2. The first-order valence-corrected chi connectivity index (χ1v) is 8.16. The highest BCUT2D eigenvalue weighted by atomic mass is 16.5. The minimum Gasteiger partial charge on any atom is -0.483 e. The predicted molar refractivity (Wildman–Crippen MR) is 98.3 cm³/mol. The maximum atomic E-state index is 12.0. The Bertz CT molecular complexity index is 673. The fourth-order valence-corrected chi connectivity index (χ4v) is 2.13. The van der Waals surface area contributed by atoms with Crippen molar-refractivity contribution in [2.75, 3.05) is 11.9 Å². The van der Waals surface area contributed by atoms with Gasteiger partial charge in [-0.3, -0.25) is 4.79 Å². The molecule has 2 aromatic rings. The molecule has 4 heteroatoms. The van der Waals surface area contributed by atoms with Gasteiger partial charge in [-0.1, -0.05) is 35.9 Å². The summed E-state index contributed by atoms with van der Waals surface area (Å²) in [5.74, 6) is 0.561. The number of ether oxygens (including phenoxy) is 1. The number of benzene rings is 2. The van der Waals surface area contributed by atoms with E-state index in [1.165, 1.54) is 0 Å². The zero-order valence-electron chi connectivity index (χ0n) is 14.8. The van der Waals surface area contributed by atoms with Crippen LogP contribution in [0.15, 0.2) is 48.5 Å². The van der Waals surface area contributed by atoms with Crippen molar-refractivity contribution >= 4 is 11.6 Å². The van der Waals surface area contributed by atoms with E-state index in [2.05, 4.69) is 31.4 Å². The van der Waals surface area contributed by atoms with Gasteiger partial charge in [-0.2, -0.15) is 0 Å². The van der Waals surface area contributed by atoms with Gasteiger partial charge in [0.1, 0.15) is 5.75 Å². The first kappa shape index (κ1) is 18.0. The highest BCUT2D eigenvalue weighted by molar-refractivity contribution is 5.91. The zero-order chi connectivity index (χ0) is 17.6. The van der Waals surface area contributed by atoms with Gasteiger partial charge in [0.25, 0.3) is 5.91 Å². The average Bonchev–Trinajstić information content (AvgIpc) is 2.53. The molecule has 0 saturated heterocycles. The summed E-state index contributed by atoms with van der Waals surface area (Å²) in [6.07, 6.45) is 0. The van der Waals surface area contributed by atoms with Gasteiger partial charge in [0.2, 0.25) is 0 Å². The van der Waals surface area contributed by atoms with Crippen LogP contribution in [0.3, 0.4) is 0 Å². The number of rotatable bonds is 6. The van der Waals surface area contributed by atoms with E-state index in [9.17, 15) is 4.79 Å². The van der Waals surface area contributed by atoms with Gasteiger partial charge < -0.3 is 15.4 Å². The van der Waals surface area contributed by atoms with E-state index in [1.807, 2.05) is 55.5 Å². The van der Waals surface area contributed by atoms with Crippen molar-refractivity contribution in [2.45, 2.75) is 39.8 Å². The molecule has 2 aromatic carbocycles. The standard InChI is InChI=1S/C20H26N2O2/c1-15-9-11-17(12-10-15)22-19(23)14-24-18-8-6-5-7-16(18)13-21-20(2,3)4/h5-12,21H,13-14H2,1-4H3,(H,22,23). The van der Waals surface area contributed by atoms with Crippen molar-refractivity contribution in [3.8, 4) is 5.75 Å². The van der Waals surface area contributed by atoms with E-state index in [1.54, 1.807) is 0 Å². The molecule has 0 aliphatic carbocycles. The Labute approximate surface area is 144 Å². The average molecular weight is 326 g/mol. The Kier molecular flexibility index (Phi) is 5.99. The van der Waals surface area contributed by atoms with E-state index in [0.29, 0.717) is 6.54 Å². The molecule has 0 aromatic heterocycles. The van der Waals surface area contributed by atoms with Crippen LogP contribution in [0, 0.1) is 6.92 Å². The molecule has 0 atom stereocenters. The van der Waals surface area contributed by atoms with Crippen LogP contribution in [0.5, 0.6) is 5.75 Å². The van der Waals surface area contributed by atoms with Crippen molar-refractivity contribution in [3.05, 3.63) is 59.7 Å². The number of amides is 1. The quantitative estimate of drug-likeness (QED) is 0.846. The minimum atomic E-state index is -0.169. The van der Waals surface area contributed by atoms with Crippen LogP contribution in [-0.2, 0) is 11.3 Å². The summed E-state index contributed by atoms with van der Waals surface area (Å²) in [6, 6.07) is 15.5. The van der Waals surface area contributed by atoms with Crippen LogP contribution >= 0.6 is 0 Å². The van der Waals surface area contributed by atoms with Crippen molar-refractivity contribution in [2.24, 2.45) is 0 Å². The lowest BCUT2D eigenvalue weighted by atomic mass is 10.1. The number of carbonyl (C=O) groups is 1.